The molecule has 0 aromatic carbocycles. The lowest BCUT2D eigenvalue weighted by Gasteiger charge is -2.62. The Labute approximate surface area is 155 Å². The van der Waals surface area contributed by atoms with E-state index in [1.165, 1.54) is 0 Å². The molecule has 26 heavy (non-hydrogen) atoms. The van der Waals surface area contributed by atoms with Gasteiger partial charge in [0, 0.05) is 16.7 Å². The highest BCUT2D eigenvalue weighted by Gasteiger charge is 2.65. The maximum absolute atomic E-state index is 12.4. The van der Waals surface area contributed by atoms with Crippen molar-refractivity contribution in [1.82, 2.24) is 0 Å². The summed E-state index contributed by atoms with van der Waals surface area (Å²) in [6, 6.07) is 0. The van der Waals surface area contributed by atoms with Crippen molar-refractivity contribution in [2.24, 2.45) is 40.4 Å². The molecule has 3 saturated carbocycles. The quantitative estimate of drug-likeness (QED) is 0.796. The Balaban J connectivity index is 1.75. The monoisotopic (exact) mass is 358 g/mol. The number of carbonyl (C=O) groups excluding carboxylic acids is 2. The van der Waals surface area contributed by atoms with E-state index >= 15 is 0 Å². The molecular formula is C22H30O4. The average molecular weight is 358 g/mol. The van der Waals surface area contributed by atoms with Crippen molar-refractivity contribution in [3.05, 3.63) is 23.8 Å². The molecule has 0 heterocycles. The molecule has 4 aliphatic carbocycles. The third kappa shape index (κ3) is 2.15. The Bertz CT molecular complexity index is 707. The van der Waals surface area contributed by atoms with Gasteiger partial charge in [0.2, 0.25) is 0 Å². The zero-order chi connectivity index (χ0) is 18.9. The lowest BCUT2D eigenvalue weighted by Crippen LogP contribution is -2.60. The molecule has 0 aromatic heterocycles. The molecule has 0 amide bonds. The first-order chi connectivity index (χ1) is 12.2. The fraction of sp³-hybridized carbons (Fsp3) is 0.727. The molecule has 4 rings (SSSR count). The molecular weight excluding hydrogens is 328 g/mol. The first-order valence-electron chi connectivity index (χ1n) is 10.00. The Kier molecular flexibility index (Phi) is 4.09. The van der Waals surface area contributed by atoms with E-state index in [4.69, 9.17) is 0 Å². The van der Waals surface area contributed by atoms with Crippen LogP contribution in [0.1, 0.15) is 46.5 Å². The van der Waals surface area contributed by atoms with E-state index < -0.39 is 12.7 Å². The minimum absolute atomic E-state index is 0.0470. The molecule has 8 atom stereocenters. The van der Waals surface area contributed by atoms with Crippen LogP contribution in [0.3, 0.4) is 0 Å². The predicted molar refractivity (Wildman–Crippen MR) is 98.1 cm³/mol. The molecule has 4 heteroatoms. The highest BCUT2D eigenvalue weighted by Crippen LogP contribution is 2.68. The molecule has 0 aliphatic heterocycles. The lowest BCUT2D eigenvalue weighted by atomic mass is 9.42. The van der Waals surface area contributed by atoms with Crippen LogP contribution in [0.2, 0.25) is 0 Å². The van der Waals surface area contributed by atoms with Crippen LogP contribution in [0.5, 0.6) is 0 Å². The fourth-order valence-corrected chi connectivity index (χ4v) is 7.22. The van der Waals surface area contributed by atoms with Crippen LogP contribution in [-0.2, 0) is 9.59 Å². The summed E-state index contributed by atoms with van der Waals surface area (Å²) in [6.45, 7) is 6.09. The van der Waals surface area contributed by atoms with E-state index in [1.807, 2.05) is 6.08 Å². The van der Waals surface area contributed by atoms with Crippen LogP contribution < -0.4 is 0 Å². The van der Waals surface area contributed by atoms with Crippen LogP contribution in [0.25, 0.3) is 0 Å². The number of hydrogen-bond acceptors (Lipinski definition) is 4. The van der Waals surface area contributed by atoms with Gasteiger partial charge in [-0.2, -0.15) is 0 Å². The predicted octanol–water partition coefficient (Wildman–Crippen LogP) is 2.69. The number of Topliss-reactive ketones (excluding diaryl/α,β-unsaturated/α-hetero) is 1. The van der Waals surface area contributed by atoms with Gasteiger partial charge in [-0.25, -0.2) is 0 Å². The van der Waals surface area contributed by atoms with E-state index in [9.17, 15) is 19.8 Å². The molecule has 142 valence electrons. The van der Waals surface area contributed by atoms with Crippen molar-refractivity contribution in [3.63, 3.8) is 0 Å². The van der Waals surface area contributed by atoms with E-state index in [0.717, 1.165) is 24.8 Å². The number of ketones is 2. The third-order valence-electron chi connectivity index (χ3n) is 8.68. The van der Waals surface area contributed by atoms with Gasteiger partial charge in [0.25, 0.3) is 0 Å². The largest absolute Gasteiger partial charge is 0.392 e. The number of carbonyl (C=O) groups is 2. The number of allylic oxidation sites excluding steroid dienone is 4. The third-order valence-corrected chi connectivity index (χ3v) is 8.68. The summed E-state index contributed by atoms with van der Waals surface area (Å²) >= 11 is 0. The van der Waals surface area contributed by atoms with Gasteiger partial charge in [-0.3, -0.25) is 9.59 Å². The van der Waals surface area contributed by atoms with Crippen LogP contribution in [0, 0.1) is 40.4 Å². The number of aliphatic hydroxyl groups excluding tert-OH is 2. The van der Waals surface area contributed by atoms with Gasteiger partial charge in [-0.1, -0.05) is 32.4 Å². The zero-order valence-corrected chi connectivity index (χ0v) is 15.9. The summed E-state index contributed by atoms with van der Waals surface area (Å²) in [5.74, 6) is 1.02. The van der Waals surface area contributed by atoms with Gasteiger partial charge in [0.15, 0.2) is 11.6 Å². The summed E-state index contributed by atoms with van der Waals surface area (Å²) in [5, 5.41) is 20.7. The molecule has 0 radical (unpaired) electrons. The normalized spacial score (nSPS) is 49.9. The fourth-order valence-electron chi connectivity index (χ4n) is 7.22. The van der Waals surface area contributed by atoms with Gasteiger partial charge in [0.1, 0.15) is 6.61 Å². The minimum atomic E-state index is -0.514. The molecule has 0 saturated heterocycles. The van der Waals surface area contributed by atoms with E-state index in [2.05, 4.69) is 20.8 Å². The van der Waals surface area contributed by atoms with Crippen LogP contribution in [-0.4, -0.2) is 34.5 Å². The minimum Gasteiger partial charge on any atom is -0.392 e. The average Bonchev–Trinajstić information content (AvgIpc) is 2.92. The first-order valence-corrected chi connectivity index (χ1v) is 10.00. The first kappa shape index (κ1) is 18.1. The van der Waals surface area contributed by atoms with Crippen LogP contribution in [0.4, 0.5) is 0 Å². The summed E-state index contributed by atoms with van der Waals surface area (Å²) in [4.78, 5) is 24.3. The van der Waals surface area contributed by atoms with Gasteiger partial charge in [0.05, 0.1) is 6.10 Å². The maximum Gasteiger partial charge on any atom is 0.178 e. The smallest absolute Gasteiger partial charge is 0.178 e. The van der Waals surface area contributed by atoms with Crippen molar-refractivity contribution >= 4 is 11.6 Å². The zero-order valence-electron chi connectivity index (χ0n) is 15.9. The van der Waals surface area contributed by atoms with Crippen molar-refractivity contribution in [2.45, 2.75) is 52.6 Å². The van der Waals surface area contributed by atoms with E-state index in [-0.39, 0.29) is 40.2 Å². The number of fused-ring (bicyclic) bond motifs is 5. The van der Waals surface area contributed by atoms with Crippen LogP contribution in [0.15, 0.2) is 23.8 Å². The SMILES string of the molecule is CC1CC2C(CC(O)C3(C)C2CCC2=CC(=O)C=CC23C)C1C(=O)CO. The molecule has 0 spiro atoms. The van der Waals surface area contributed by atoms with Gasteiger partial charge in [-0.15, -0.1) is 0 Å². The second-order valence-corrected chi connectivity index (χ2v) is 9.48. The van der Waals surface area contributed by atoms with Crippen molar-refractivity contribution in [3.8, 4) is 0 Å². The molecule has 2 N–H and O–H groups in total. The standard InChI is InChI=1S/C22H30O4/c1-12-8-15-16(20(12)18(25)11-23)10-19(26)22(3)17(15)5-4-13-9-14(24)6-7-21(13,22)2/h6-7,9,12,15-17,19-20,23,26H,4-5,8,10-11H2,1-3H3. The van der Waals surface area contributed by atoms with Gasteiger partial charge in [-0.05, 0) is 61.5 Å². The molecule has 4 aliphatic rings. The van der Waals surface area contributed by atoms with E-state index in [1.54, 1.807) is 12.2 Å². The highest BCUT2D eigenvalue weighted by atomic mass is 16.3. The maximum atomic E-state index is 12.4. The van der Waals surface area contributed by atoms with Gasteiger partial charge >= 0.3 is 0 Å². The molecule has 3 fully saturated rings. The molecule has 0 bridgehead atoms. The lowest BCUT2D eigenvalue weighted by molar-refractivity contribution is -0.154. The topological polar surface area (TPSA) is 74.6 Å². The van der Waals surface area contributed by atoms with Crippen molar-refractivity contribution < 1.29 is 19.8 Å². The number of hydrogen-bond donors (Lipinski definition) is 2. The van der Waals surface area contributed by atoms with Gasteiger partial charge < -0.3 is 10.2 Å². The van der Waals surface area contributed by atoms with Crippen LogP contribution >= 0.6 is 0 Å². The van der Waals surface area contributed by atoms with Crippen molar-refractivity contribution in [2.75, 3.05) is 6.61 Å². The molecule has 8 unspecified atom stereocenters. The Hall–Kier alpha value is -1.26. The highest BCUT2D eigenvalue weighted by molar-refractivity contribution is 6.01. The summed E-state index contributed by atoms with van der Waals surface area (Å²) in [5.41, 5.74) is 0.512. The van der Waals surface area contributed by atoms with Crippen molar-refractivity contribution in [1.29, 1.82) is 0 Å². The number of aliphatic hydroxyl groups is 2. The second kappa shape index (κ2) is 5.87. The second-order valence-electron chi connectivity index (χ2n) is 9.48. The summed E-state index contributed by atoms with van der Waals surface area (Å²) in [7, 11) is 0. The Morgan fingerprint density at radius 1 is 1.27 bits per heavy atom. The summed E-state index contributed by atoms with van der Waals surface area (Å²) < 4.78 is 0. The Morgan fingerprint density at radius 2 is 2.00 bits per heavy atom. The number of rotatable bonds is 2. The molecule has 0 aromatic rings. The molecule has 4 nitrogen and oxygen atoms in total. The van der Waals surface area contributed by atoms with E-state index in [0.29, 0.717) is 18.3 Å². The summed E-state index contributed by atoms with van der Waals surface area (Å²) in [6.07, 6.45) is 8.39. The Morgan fingerprint density at radius 3 is 2.69 bits per heavy atom.